The summed E-state index contributed by atoms with van der Waals surface area (Å²) in [5.74, 6) is 0.160. The molecule has 0 heterocycles. The first kappa shape index (κ1) is 26.4. The molecule has 0 aromatic heterocycles. The number of rotatable bonds is 1. The third-order valence-corrected chi connectivity index (χ3v) is 13.1. The van der Waals surface area contributed by atoms with Crippen molar-refractivity contribution < 1.29 is 24.9 Å². The molecule has 0 aromatic rings. The number of aliphatic hydroxyl groups is 3. The second-order valence-electron chi connectivity index (χ2n) is 14.4. The van der Waals surface area contributed by atoms with E-state index < -0.39 is 23.0 Å². The second kappa shape index (κ2) is 7.93. The van der Waals surface area contributed by atoms with Gasteiger partial charge in [-0.05, 0) is 73.0 Å². The summed E-state index contributed by atoms with van der Waals surface area (Å²) in [5, 5.41) is 33.9. The van der Waals surface area contributed by atoms with E-state index in [-0.39, 0.29) is 52.0 Å². The number of carbonyl (C=O) groups is 1. The van der Waals surface area contributed by atoms with Crippen molar-refractivity contribution in [2.24, 2.45) is 50.7 Å². The quantitative estimate of drug-likeness (QED) is 0.439. The number of methoxy groups -OCH3 is 1. The molecule has 4 saturated carbocycles. The van der Waals surface area contributed by atoms with Crippen LogP contribution in [0.25, 0.3) is 0 Å². The Balaban J connectivity index is 1.70. The first-order valence-electron chi connectivity index (χ1n) is 14.2. The highest BCUT2D eigenvalue weighted by atomic mass is 16.5. The largest absolute Gasteiger partial charge is 0.469 e. The van der Waals surface area contributed by atoms with Crippen molar-refractivity contribution in [3.8, 4) is 0 Å². The van der Waals surface area contributed by atoms with Crippen molar-refractivity contribution in [3.63, 3.8) is 0 Å². The van der Waals surface area contributed by atoms with Crippen molar-refractivity contribution in [1.29, 1.82) is 0 Å². The molecule has 11 atom stereocenters. The molecule has 5 aliphatic rings. The number of aliphatic hydroxyl groups excluding tert-OH is 3. The predicted molar refractivity (Wildman–Crippen MR) is 140 cm³/mol. The van der Waals surface area contributed by atoms with Gasteiger partial charge >= 0.3 is 5.97 Å². The monoisotopic (exact) mass is 500 g/mol. The first-order valence-corrected chi connectivity index (χ1v) is 14.2. The van der Waals surface area contributed by atoms with Crippen LogP contribution in [-0.2, 0) is 9.53 Å². The number of ether oxygens (including phenoxy) is 1. The van der Waals surface area contributed by atoms with Gasteiger partial charge < -0.3 is 20.1 Å². The van der Waals surface area contributed by atoms with E-state index in [1.165, 1.54) is 18.3 Å². The van der Waals surface area contributed by atoms with E-state index in [0.29, 0.717) is 19.3 Å². The topological polar surface area (TPSA) is 87.0 Å². The first-order chi connectivity index (χ1) is 16.6. The van der Waals surface area contributed by atoms with E-state index in [1.807, 2.05) is 0 Å². The van der Waals surface area contributed by atoms with Crippen molar-refractivity contribution in [2.45, 2.75) is 105 Å². The summed E-state index contributed by atoms with van der Waals surface area (Å²) in [5.41, 5.74) is 0.735. The maximum atomic E-state index is 13.4. The molecule has 4 fully saturated rings. The number of allylic oxidation sites excluding steroid dienone is 3. The Morgan fingerprint density at radius 2 is 1.61 bits per heavy atom. The van der Waals surface area contributed by atoms with Crippen LogP contribution in [0.3, 0.4) is 0 Å². The summed E-state index contributed by atoms with van der Waals surface area (Å²) in [6.07, 6.45) is 7.40. The van der Waals surface area contributed by atoms with E-state index in [2.05, 4.69) is 60.6 Å². The van der Waals surface area contributed by atoms with E-state index in [0.717, 1.165) is 19.3 Å². The highest BCUT2D eigenvalue weighted by Crippen LogP contribution is 2.74. The summed E-state index contributed by atoms with van der Waals surface area (Å²) in [6.45, 7) is 15.6. The van der Waals surface area contributed by atoms with Crippen LogP contribution in [0.1, 0.15) is 87.0 Å². The molecule has 0 unspecified atom stereocenters. The van der Waals surface area contributed by atoms with Crippen molar-refractivity contribution in [3.05, 3.63) is 23.3 Å². The van der Waals surface area contributed by atoms with E-state index in [4.69, 9.17) is 4.74 Å². The van der Waals surface area contributed by atoms with Crippen LogP contribution in [0.2, 0.25) is 0 Å². The maximum Gasteiger partial charge on any atom is 0.312 e. The summed E-state index contributed by atoms with van der Waals surface area (Å²) in [6, 6.07) is 0. The van der Waals surface area contributed by atoms with Gasteiger partial charge in [-0.3, -0.25) is 4.79 Å². The van der Waals surface area contributed by atoms with Gasteiger partial charge in [0.1, 0.15) is 0 Å². The van der Waals surface area contributed by atoms with Crippen LogP contribution in [0.15, 0.2) is 23.3 Å². The fraction of sp³-hybridized carbons (Fsp3) is 0.839. The summed E-state index contributed by atoms with van der Waals surface area (Å²) >= 11 is 0. The van der Waals surface area contributed by atoms with Crippen LogP contribution in [0.4, 0.5) is 0 Å². The van der Waals surface area contributed by atoms with Crippen LogP contribution in [0, 0.1) is 50.7 Å². The lowest BCUT2D eigenvalue weighted by molar-refractivity contribution is -0.186. The molecule has 0 saturated heterocycles. The Morgan fingerprint density at radius 3 is 2.25 bits per heavy atom. The summed E-state index contributed by atoms with van der Waals surface area (Å²) in [4.78, 5) is 13.4. The minimum absolute atomic E-state index is 0.0286. The van der Waals surface area contributed by atoms with Gasteiger partial charge in [-0.15, -0.1) is 0 Å². The third-order valence-electron chi connectivity index (χ3n) is 13.1. The van der Waals surface area contributed by atoms with E-state index >= 15 is 0 Å². The van der Waals surface area contributed by atoms with Gasteiger partial charge in [0.05, 0.1) is 30.8 Å². The standard InChI is InChI=1S/C31H48O5/c1-17-18(2)25-19-9-10-21-28(5)12-11-23(33)27(3,4)22(28)15-24(34)30(21,7)29(19,6)13-14-31(25,16-20(17)32)26(35)36-8/h9-10,17-18,20,22-25,32-34H,11-16H2,1-8H3/t17-,18-,20-,22-,23-,24-,25-,28+,29+,30-,31+/m0/s1. The van der Waals surface area contributed by atoms with Crippen LogP contribution in [-0.4, -0.2) is 46.7 Å². The second-order valence-corrected chi connectivity index (χ2v) is 14.4. The molecule has 5 nitrogen and oxygen atoms in total. The molecule has 5 heteroatoms. The van der Waals surface area contributed by atoms with Gasteiger partial charge in [0.2, 0.25) is 0 Å². The Hall–Kier alpha value is -1.17. The molecular weight excluding hydrogens is 452 g/mol. The Kier molecular flexibility index (Phi) is 5.82. The zero-order valence-corrected chi connectivity index (χ0v) is 23.6. The van der Waals surface area contributed by atoms with E-state index in [9.17, 15) is 20.1 Å². The molecule has 0 radical (unpaired) electrons. The van der Waals surface area contributed by atoms with Gasteiger partial charge in [-0.1, -0.05) is 71.8 Å². The SMILES string of the molecule is COC(=O)[C@@]12CC[C@]3(C)C(=CC=C4[C@@]3(C)[C@@H](O)C[C@H]3C(C)(C)[C@@H](O)CC[C@]43C)[C@@H]1[C@@H](C)[C@H](C)[C@@H](O)C2. The molecule has 0 bridgehead atoms. The summed E-state index contributed by atoms with van der Waals surface area (Å²) < 4.78 is 5.40. The average molecular weight is 501 g/mol. The highest BCUT2D eigenvalue weighted by molar-refractivity contribution is 5.79. The fourth-order valence-corrected chi connectivity index (χ4v) is 10.4. The highest BCUT2D eigenvalue weighted by Gasteiger charge is 2.70. The molecular formula is C31H48O5. The van der Waals surface area contributed by atoms with Crippen molar-refractivity contribution in [2.75, 3.05) is 7.11 Å². The molecule has 36 heavy (non-hydrogen) atoms. The Bertz CT molecular complexity index is 1010. The van der Waals surface area contributed by atoms with Gasteiger partial charge in [0.25, 0.3) is 0 Å². The number of carbonyl (C=O) groups excluding carboxylic acids is 1. The lowest BCUT2D eigenvalue weighted by Crippen LogP contribution is -2.66. The zero-order chi connectivity index (χ0) is 26.6. The van der Waals surface area contributed by atoms with Crippen molar-refractivity contribution >= 4 is 5.97 Å². The number of esters is 1. The fourth-order valence-electron chi connectivity index (χ4n) is 10.4. The lowest BCUT2D eigenvalue weighted by Gasteiger charge is -2.69. The molecule has 202 valence electrons. The van der Waals surface area contributed by atoms with Crippen molar-refractivity contribution in [1.82, 2.24) is 0 Å². The third kappa shape index (κ3) is 2.91. The van der Waals surface area contributed by atoms with E-state index in [1.54, 1.807) is 0 Å². The molecule has 0 aliphatic heterocycles. The molecule has 0 spiro atoms. The number of fused-ring (bicyclic) bond motifs is 7. The Labute approximate surface area is 217 Å². The Morgan fingerprint density at radius 1 is 0.944 bits per heavy atom. The molecule has 5 aliphatic carbocycles. The summed E-state index contributed by atoms with van der Waals surface area (Å²) in [7, 11) is 1.47. The van der Waals surface area contributed by atoms with Crippen LogP contribution < -0.4 is 0 Å². The molecule has 0 amide bonds. The number of hydrogen-bond acceptors (Lipinski definition) is 5. The minimum atomic E-state index is -0.726. The normalized spacial score (nSPS) is 53.6. The van der Waals surface area contributed by atoms with Gasteiger partial charge in [-0.2, -0.15) is 0 Å². The molecule has 0 aromatic carbocycles. The van der Waals surface area contributed by atoms with Gasteiger partial charge in [-0.25, -0.2) is 0 Å². The van der Waals surface area contributed by atoms with Crippen LogP contribution in [0.5, 0.6) is 0 Å². The molecule has 3 N–H and O–H groups in total. The smallest absolute Gasteiger partial charge is 0.312 e. The van der Waals surface area contributed by atoms with Gasteiger partial charge in [0, 0.05) is 10.8 Å². The maximum absolute atomic E-state index is 13.4. The zero-order valence-electron chi connectivity index (χ0n) is 23.6. The predicted octanol–water partition coefficient (Wildman–Crippen LogP) is 5.04. The van der Waals surface area contributed by atoms with Gasteiger partial charge in [0.15, 0.2) is 0 Å². The average Bonchev–Trinajstić information content (AvgIpc) is 2.82. The lowest BCUT2D eigenvalue weighted by atomic mass is 9.35. The minimum Gasteiger partial charge on any atom is -0.469 e. The molecule has 5 rings (SSSR count). The number of hydrogen-bond donors (Lipinski definition) is 3. The van der Waals surface area contributed by atoms with Crippen LogP contribution >= 0.6 is 0 Å².